The fourth-order valence-electron chi connectivity index (χ4n) is 3.54. The minimum atomic E-state index is -4.46. The number of hydrogen-bond acceptors (Lipinski definition) is 3. The maximum absolute atomic E-state index is 12.8. The number of nitrogens with zero attached hydrogens (tertiary/aromatic N) is 1. The molecule has 1 saturated carbocycles. The summed E-state index contributed by atoms with van der Waals surface area (Å²) < 4.78 is 38.4. The highest BCUT2D eigenvalue weighted by molar-refractivity contribution is 5.94. The van der Waals surface area contributed by atoms with Gasteiger partial charge in [0.05, 0.1) is 17.2 Å². The topological polar surface area (TPSA) is 64.9 Å². The Hall–Kier alpha value is -3.01. The first-order chi connectivity index (χ1) is 13.8. The quantitative estimate of drug-likeness (QED) is 0.743. The molecule has 0 radical (unpaired) electrons. The van der Waals surface area contributed by atoms with Crippen LogP contribution >= 0.6 is 0 Å². The highest BCUT2D eigenvalue weighted by Crippen LogP contribution is 2.30. The molecule has 0 saturated heterocycles. The first-order valence-corrected chi connectivity index (χ1v) is 9.57. The molecule has 0 spiro atoms. The van der Waals surface area contributed by atoms with E-state index >= 15 is 0 Å². The van der Waals surface area contributed by atoms with E-state index < -0.39 is 17.6 Å². The van der Waals surface area contributed by atoms with Gasteiger partial charge in [-0.2, -0.15) is 18.4 Å². The van der Waals surface area contributed by atoms with Gasteiger partial charge in [0.1, 0.15) is 0 Å². The minimum absolute atomic E-state index is 0.0248. The highest BCUT2D eigenvalue weighted by Gasteiger charge is 2.31. The molecule has 0 bridgehead atoms. The largest absolute Gasteiger partial charge is 0.416 e. The monoisotopic (exact) mass is 401 g/mol. The lowest BCUT2D eigenvalue weighted by Crippen LogP contribution is -2.38. The van der Waals surface area contributed by atoms with E-state index in [0.717, 1.165) is 50.0 Å². The van der Waals surface area contributed by atoms with Crippen molar-refractivity contribution >= 4 is 11.6 Å². The van der Waals surface area contributed by atoms with Crippen molar-refractivity contribution in [3.05, 3.63) is 65.2 Å². The lowest BCUT2D eigenvalue weighted by molar-refractivity contribution is -0.137. The number of halogens is 3. The van der Waals surface area contributed by atoms with Gasteiger partial charge in [0, 0.05) is 23.8 Å². The fourth-order valence-corrected chi connectivity index (χ4v) is 3.54. The molecule has 0 aliphatic heterocycles. The summed E-state index contributed by atoms with van der Waals surface area (Å²) in [5.41, 5.74) is 0.795. The lowest BCUT2D eigenvalue weighted by atomic mass is 9.86. The minimum Gasteiger partial charge on any atom is -0.385 e. The SMILES string of the molecule is N#Cc1ccc(NC[C@H]2CC[C@H](NC(=O)c3cccc(C(F)(F)F)c3)CC2)cc1. The number of amides is 1. The molecule has 1 aliphatic carbocycles. The summed E-state index contributed by atoms with van der Waals surface area (Å²) in [4.78, 5) is 12.3. The molecule has 1 fully saturated rings. The zero-order valence-electron chi connectivity index (χ0n) is 15.8. The summed E-state index contributed by atoms with van der Waals surface area (Å²) in [6, 6.07) is 13.8. The maximum atomic E-state index is 12.8. The van der Waals surface area contributed by atoms with Crippen molar-refractivity contribution < 1.29 is 18.0 Å². The van der Waals surface area contributed by atoms with Crippen molar-refractivity contribution in [1.29, 1.82) is 5.26 Å². The van der Waals surface area contributed by atoms with E-state index in [0.29, 0.717) is 11.5 Å². The number of carbonyl (C=O) groups excluding carboxylic acids is 1. The van der Waals surface area contributed by atoms with Crippen molar-refractivity contribution in [2.45, 2.75) is 37.9 Å². The van der Waals surface area contributed by atoms with Crippen LogP contribution in [0, 0.1) is 17.2 Å². The number of rotatable bonds is 5. The van der Waals surface area contributed by atoms with Gasteiger partial charge in [-0.1, -0.05) is 6.07 Å². The fraction of sp³-hybridized carbons (Fsp3) is 0.364. The Balaban J connectivity index is 1.46. The molecule has 1 aliphatic rings. The third kappa shape index (κ3) is 5.74. The Labute approximate surface area is 167 Å². The molecule has 152 valence electrons. The number of carbonyl (C=O) groups is 1. The molecule has 0 atom stereocenters. The first-order valence-electron chi connectivity index (χ1n) is 9.57. The van der Waals surface area contributed by atoms with Gasteiger partial charge in [-0.15, -0.1) is 0 Å². The number of anilines is 1. The Bertz CT molecular complexity index is 879. The number of benzene rings is 2. The highest BCUT2D eigenvalue weighted by atomic mass is 19.4. The molecule has 2 aromatic rings. The van der Waals surface area contributed by atoms with Gasteiger partial charge in [0.15, 0.2) is 0 Å². The van der Waals surface area contributed by atoms with Crippen LogP contribution in [-0.2, 0) is 6.18 Å². The molecule has 2 aromatic carbocycles. The molecule has 7 heteroatoms. The zero-order chi connectivity index (χ0) is 20.9. The summed E-state index contributed by atoms with van der Waals surface area (Å²) in [7, 11) is 0. The molecular formula is C22H22F3N3O. The maximum Gasteiger partial charge on any atom is 0.416 e. The van der Waals surface area contributed by atoms with E-state index in [-0.39, 0.29) is 11.6 Å². The number of alkyl halides is 3. The third-order valence-corrected chi connectivity index (χ3v) is 5.24. The van der Waals surface area contributed by atoms with E-state index in [1.165, 1.54) is 12.1 Å². The summed E-state index contributed by atoms with van der Waals surface area (Å²) in [5.74, 6) is 0.00242. The van der Waals surface area contributed by atoms with Crippen LogP contribution in [0.15, 0.2) is 48.5 Å². The summed E-state index contributed by atoms with van der Waals surface area (Å²) in [5, 5.41) is 15.0. The smallest absolute Gasteiger partial charge is 0.385 e. The molecule has 0 heterocycles. The van der Waals surface area contributed by atoms with Crippen LogP contribution in [0.3, 0.4) is 0 Å². The number of hydrogen-bond donors (Lipinski definition) is 2. The molecule has 0 unspecified atom stereocenters. The van der Waals surface area contributed by atoms with Crippen molar-refractivity contribution in [2.24, 2.45) is 5.92 Å². The summed E-state index contributed by atoms with van der Waals surface area (Å²) in [6.45, 7) is 0.806. The van der Waals surface area contributed by atoms with Crippen molar-refractivity contribution in [1.82, 2.24) is 5.32 Å². The Morgan fingerprint density at radius 1 is 1.07 bits per heavy atom. The average molecular weight is 401 g/mol. The second kappa shape index (κ2) is 8.99. The molecule has 2 N–H and O–H groups in total. The van der Waals surface area contributed by atoms with Gasteiger partial charge in [0.2, 0.25) is 0 Å². The molecule has 3 rings (SSSR count). The summed E-state index contributed by atoms with van der Waals surface area (Å²) >= 11 is 0. The normalized spacial score (nSPS) is 19.2. The van der Waals surface area contributed by atoms with E-state index in [9.17, 15) is 18.0 Å². The second-order valence-electron chi connectivity index (χ2n) is 7.34. The average Bonchev–Trinajstić information content (AvgIpc) is 2.73. The van der Waals surface area contributed by atoms with Gasteiger partial charge in [-0.25, -0.2) is 0 Å². The van der Waals surface area contributed by atoms with Crippen LogP contribution in [0.2, 0.25) is 0 Å². The molecule has 1 amide bonds. The third-order valence-electron chi connectivity index (χ3n) is 5.24. The molecule has 4 nitrogen and oxygen atoms in total. The predicted octanol–water partition coefficient (Wildman–Crippen LogP) is 4.98. The summed E-state index contributed by atoms with van der Waals surface area (Å²) in [6.07, 6.45) is -1.02. The van der Waals surface area contributed by atoms with Gasteiger partial charge in [0.25, 0.3) is 5.91 Å². The van der Waals surface area contributed by atoms with Gasteiger partial charge in [-0.05, 0) is 74.1 Å². The van der Waals surface area contributed by atoms with Crippen molar-refractivity contribution in [3.8, 4) is 6.07 Å². The van der Waals surface area contributed by atoms with Crippen LogP contribution in [0.4, 0.5) is 18.9 Å². The van der Waals surface area contributed by atoms with E-state index in [1.807, 2.05) is 12.1 Å². The predicted molar refractivity (Wildman–Crippen MR) is 104 cm³/mol. The van der Waals surface area contributed by atoms with Crippen LogP contribution in [0.5, 0.6) is 0 Å². The Morgan fingerprint density at radius 3 is 2.38 bits per heavy atom. The van der Waals surface area contributed by atoms with E-state index in [2.05, 4.69) is 16.7 Å². The molecular weight excluding hydrogens is 379 g/mol. The van der Waals surface area contributed by atoms with Gasteiger partial charge >= 0.3 is 6.18 Å². The Morgan fingerprint density at radius 2 is 1.76 bits per heavy atom. The first kappa shape index (κ1) is 20.7. The van der Waals surface area contributed by atoms with E-state index in [4.69, 9.17) is 5.26 Å². The van der Waals surface area contributed by atoms with Crippen molar-refractivity contribution in [3.63, 3.8) is 0 Å². The van der Waals surface area contributed by atoms with Crippen molar-refractivity contribution in [2.75, 3.05) is 11.9 Å². The standard InChI is InChI=1S/C22H22F3N3O/c23-22(24,25)18-3-1-2-17(12-18)21(29)28-20-10-6-16(7-11-20)14-27-19-8-4-15(13-26)5-9-19/h1-5,8-9,12,16,20,27H,6-7,10-11,14H2,(H,28,29)/t16-,20-. The number of nitriles is 1. The Kier molecular flexibility index (Phi) is 6.42. The van der Waals surface area contributed by atoms with Crippen LogP contribution < -0.4 is 10.6 Å². The molecule has 0 aromatic heterocycles. The van der Waals surface area contributed by atoms with Crippen LogP contribution in [0.25, 0.3) is 0 Å². The van der Waals surface area contributed by atoms with Gasteiger partial charge in [-0.3, -0.25) is 4.79 Å². The molecule has 29 heavy (non-hydrogen) atoms. The second-order valence-corrected chi connectivity index (χ2v) is 7.34. The van der Waals surface area contributed by atoms with Crippen LogP contribution in [-0.4, -0.2) is 18.5 Å². The van der Waals surface area contributed by atoms with E-state index in [1.54, 1.807) is 12.1 Å². The lowest BCUT2D eigenvalue weighted by Gasteiger charge is -2.29. The van der Waals surface area contributed by atoms with Crippen LogP contribution in [0.1, 0.15) is 47.2 Å². The van der Waals surface area contributed by atoms with Gasteiger partial charge < -0.3 is 10.6 Å². The zero-order valence-corrected chi connectivity index (χ0v) is 15.8. The number of nitrogens with one attached hydrogen (secondary N) is 2.